The lowest BCUT2D eigenvalue weighted by atomic mass is 10.0. The van der Waals surface area contributed by atoms with Gasteiger partial charge in [-0.1, -0.05) is 12.1 Å². The first-order valence-electron chi connectivity index (χ1n) is 5.46. The van der Waals surface area contributed by atoms with Gasteiger partial charge >= 0.3 is 0 Å². The van der Waals surface area contributed by atoms with Crippen molar-refractivity contribution in [1.29, 1.82) is 0 Å². The minimum atomic E-state index is -0.242. The zero-order chi connectivity index (χ0) is 12.4. The number of aryl methyl sites for hydroxylation is 1. The van der Waals surface area contributed by atoms with Crippen molar-refractivity contribution in [1.82, 2.24) is 4.57 Å². The summed E-state index contributed by atoms with van der Waals surface area (Å²) in [5.74, 6) is -0.184. The van der Waals surface area contributed by atoms with Crippen LogP contribution in [-0.4, -0.2) is 10.4 Å². The molecule has 0 saturated heterocycles. The molecule has 1 aromatic carbocycles. The van der Waals surface area contributed by atoms with Gasteiger partial charge in [0.2, 0.25) is 0 Å². The molecule has 17 heavy (non-hydrogen) atoms. The molecule has 1 heterocycles. The summed E-state index contributed by atoms with van der Waals surface area (Å²) in [6, 6.07) is 6.36. The monoisotopic (exact) mass is 231 g/mol. The van der Waals surface area contributed by atoms with Crippen molar-refractivity contribution in [2.75, 3.05) is 0 Å². The molecule has 0 amide bonds. The first-order chi connectivity index (χ1) is 8.06. The summed E-state index contributed by atoms with van der Waals surface area (Å²) < 4.78 is 14.6. The predicted molar refractivity (Wildman–Crippen MR) is 64.6 cm³/mol. The van der Waals surface area contributed by atoms with Crippen molar-refractivity contribution in [3.63, 3.8) is 0 Å². The number of hydrogen-bond donors (Lipinski definition) is 0. The largest absolute Gasteiger partial charge is 0.356 e. The molecule has 2 aromatic rings. The Labute approximate surface area is 99.7 Å². The van der Waals surface area contributed by atoms with Gasteiger partial charge in [-0.25, -0.2) is 4.39 Å². The molecular weight excluding hydrogens is 217 g/mol. The molecule has 2 nitrogen and oxygen atoms in total. The first kappa shape index (κ1) is 11.6. The third-order valence-electron chi connectivity index (χ3n) is 2.73. The standard InChI is InChI=1S/C14H14FNO/c1-10(17)14-9-16(2)8-12(14)7-11-3-5-13(15)6-4-11/h3-6,8-9H,7H2,1-2H3. The summed E-state index contributed by atoms with van der Waals surface area (Å²) in [5.41, 5.74) is 2.71. The Morgan fingerprint density at radius 2 is 1.88 bits per heavy atom. The number of carbonyl (C=O) groups excluding carboxylic acids is 1. The molecule has 0 bridgehead atoms. The SMILES string of the molecule is CC(=O)c1cn(C)cc1Cc1ccc(F)cc1. The zero-order valence-electron chi connectivity index (χ0n) is 9.90. The molecule has 0 radical (unpaired) electrons. The van der Waals surface area contributed by atoms with Crippen molar-refractivity contribution >= 4 is 5.78 Å². The summed E-state index contributed by atoms with van der Waals surface area (Å²) in [6.45, 7) is 1.56. The van der Waals surface area contributed by atoms with Crippen molar-refractivity contribution in [3.8, 4) is 0 Å². The van der Waals surface area contributed by atoms with E-state index in [9.17, 15) is 9.18 Å². The zero-order valence-corrected chi connectivity index (χ0v) is 9.90. The van der Waals surface area contributed by atoms with E-state index in [1.54, 1.807) is 19.1 Å². The molecule has 0 N–H and O–H groups in total. The van der Waals surface area contributed by atoms with Gasteiger partial charge in [0.1, 0.15) is 5.82 Å². The fourth-order valence-electron chi connectivity index (χ4n) is 1.92. The van der Waals surface area contributed by atoms with Crippen LogP contribution in [0.4, 0.5) is 4.39 Å². The van der Waals surface area contributed by atoms with Gasteiger partial charge in [0, 0.05) is 25.0 Å². The fourth-order valence-corrected chi connectivity index (χ4v) is 1.92. The quantitative estimate of drug-likeness (QED) is 0.744. The van der Waals surface area contributed by atoms with E-state index in [1.165, 1.54) is 12.1 Å². The lowest BCUT2D eigenvalue weighted by Gasteiger charge is -2.01. The first-order valence-corrected chi connectivity index (χ1v) is 5.46. The number of ketones is 1. The number of hydrogen-bond acceptors (Lipinski definition) is 1. The summed E-state index contributed by atoms with van der Waals surface area (Å²) >= 11 is 0. The van der Waals surface area contributed by atoms with Crippen LogP contribution in [0.25, 0.3) is 0 Å². The molecule has 0 aliphatic heterocycles. The second-order valence-electron chi connectivity index (χ2n) is 4.22. The fraction of sp³-hybridized carbons (Fsp3) is 0.214. The molecule has 3 heteroatoms. The van der Waals surface area contributed by atoms with E-state index in [0.717, 1.165) is 16.7 Å². The highest BCUT2D eigenvalue weighted by molar-refractivity contribution is 5.95. The minimum Gasteiger partial charge on any atom is -0.356 e. The second-order valence-corrected chi connectivity index (χ2v) is 4.22. The Balaban J connectivity index is 2.29. The normalized spacial score (nSPS) is 10.5. The highest BCUT2D eigenvalue weighted by Gasteiger charge is 2.10. The molecule has 0 unspecified atom stereocenters. The average molecular weight is 231 g/mol. The number of nitrogens with zero attached hydrogens (tertiary/aromatic N) is 1. The maximum atomic E-state index is 12.8. The minimum absolute atomic E-state index is 0.0581. The smallest absolute Gasteiger partial charge is 0.161 e. The van der Waals surface area contributed by atoms with E-state index >= 15 is 0 Å². The molecule has 88 valence electrons. The topological polar surface area (TPSA) is 22.0 Å². The molecule has 2 rings (SSSR count). The number of carbonyl (C=O) groups is 1. The molecular formula is C14H14FNO. The maximum absolute atomic E-state index is 12.8. The molecule has 0 aliphatic rings. The van der Waals surface area contributed by atoms with Crippen LogP contribution in [0.1, 0.15) is 28.4 Å². The van der Waals surface area contributed by atoms with Crippen LogP contribution >= 0.6 is 0 Å². The molecule has 0 fully saturated rings. The van der Waals surface area contributed by atoms with Crippen molar-refractivity contribution in [3.05, 3.63) is 59.2 Å². The Morgan fingerprint density at radius 3 is 2.47 bits per heavy atom. The van der Waals surface area contributed by atoms with Crippen molar-refractivity contribution in [2.24, 2.45) is 7.05 Å². The van der Waals surface area contributed by atoms with E-state index in [-0.39, 0.29) is 11.6 Å². The summed E-state index contributed by atoms with van der Waals surface area (Å²) in [7, 11) is 1.89. The van der Waals surface area contributed by atoms with E-state index in [2.05, 4.69) is 0 Å². The average Bonchev–Trinajstić information content (AvgIpc) is 2.63. The third kappa shape index (κ3) is 2.61. The van der Waals surface area contributed by atoms with Gasteiger partial charge in [-0.05, 0) is 36.6 Å². The van der Waals surface area contributed by atoms with Crippen molar-refractivity contribution < 1.29 is 9.18 Å². The summed E-state index contributed by atoms with van der Waals surface area (Å²) in [6.07, 6.45) is 4.40. The summed E-state index contributed by atoms with van der Waals surface area (Å²) in [5, 5.41) is 0. The van der Waals surface area contributed by atoms with E-state index in [4.69, 9.17) is 0 Å². The van der Waals surface area contributed by atoms with E-state index in [1.807, 2.05) is 24.0 Å². The highest BCUT2D eigenvalue weighted by Crippen LogP contribution is 2.16. The van der Waals surface area contributed by atoms with Crippen LogP contribution in [0.15, 0.2) is 36.7 Å². The van der Waals surface area contributed by atoms with Gasteiger partial charge in [0.25, 0.3) is 0 Å². The highest BCUT2D eigenvalue weighted by atomic mass is 19.1. The lowest BCUT2D eigenvalue weighted by Crippen LogP contribution is -1.96. The van der Waals surface area contributed by atoms with Gasteiger partial charge in [-0.15, -0.1) is 0 Å². The molecule has 0 atom stereocenters. The van der Waals surface area contributed by atoms with E-state index < -0.39 is 0 Å². The Bertz CT molecular complexity index is 540. The Kier molecular flexibility index (Phi) is 3.09. The van der Waals surface area contributed by atoms with Gasteiger partial charge < -0.3 is 4.57 Å². The molecule has 1 aromatic heterocycles. The van der Waals surface area contributed by atoms with Gasteiger partial charge in [-0.3, -0.25) is 4.79 Å². The number of halogens is 1. The molecule has 0 aliphatic carbocycles. The van der Waals surface area contributed by atoms with E-state index in [0.29, 0.717) is 6.42 Å². The molecule has 0 spiro atoms. The van der Waals surface area contributed by atoms with Gasteiger partial charge in [0.05, 0.1) is 0 Å². The Morgan fingerprint density at radius 1 is 1.24 bits per heavy atom. The van der Waals surface area contributed by atoms with Gasteiger partial charge in [-0.2, -0.15) is 0 Å². The number of benzene rings is 1. The number of rotatable bonds is 3. The number of Topliss-reactive ketones (excluding diaryl/α,β-unsaturated/α-hetero) is 1. The maximum Gasteiger partial charge on any atom is 0.161 e. The van der Waals surface area contributed by atoms with Crippen LogP contribution in [0, 0.1) is 5.82 Å². The Hall–Kier alpha value is -1.90. The van der Waals surface area contributed by atoms with Crippen LogP contribution in [0.3, 0.4) is 0 Å². The number of aromatic nitrogens is 1. The summed E-state index contributed by atoms with van der Waals surface area (Å²) in [4.78, 5) is 11.5. The van der Waals surface area contributed by atoms with Crippen LogP contribution in [0.2, 0.25) is 0 Å². The third-order valence-corrected chi connectivity index (χ3v) is 2.73. The second kappa shape index (κ2) is 4.53. The predicted octanol–water partition coefficient (Wildman–Crippen LogP) is 2.96. The van der Waals surface area contributed by atoms with Crippen LogP contribution in [0.5, 0.6) is 0 Å². The van der Waals surface area contributed by atoms with Crippen LogP contribution < -0.4 is 0 Å². The lowest BCUT2D eigenvalue weighted by molar-refractivity contribution is 0.101. The van der Waals surface area contributed by atoms with Crippen molar-refractivity contribution in [2.45, 2.75) is 13.3 Å². The van der Waals surface area contributed by atoms with Crippen LogP contribution in [-0.2, 0) is 13.5 Å². The molecule has 0 saturated carbocycles. The van der Waals surface area contributed by atoms with Gasteiger partial charge in [0.15, 0.2) is 5.78 Å².